The molecule has 1 aromatic heterocycles. The molecule has 1 unspecified atom stereocenters. The van der Waals surface area contributed by atoms with Crippen molar-refractivity contribution in [2.45, 2.75) is 53.2 Å². The Kier molecular flexibility index (Phi) is 6.90. The maximum absolute atomic E-state index is 5.50. The van der Waals surface area contributed by atoms with Crippen LogP contribution >= 0.6 is 0 Å². The summed E-state index contributed by atoms with van der Waals surface area (Å²) in [4.78, 5) is 4.29. The number of aromatic nitrogens is 3. The first kappa shape index (κ1) is 15.1. The molecule has 0 amide bonds. The highest BCUT2D eigenvalue weighted by Crippen LogP contribution is 2.04. The van der Waals surface area contributed by atoms with Gasteiger partial charge in [-0.05, 0) is 19.3 Å². The molecule has 0 fully saturated rings. The Morgan fingerprint density at radius 2 is 2.17 bits per heavy atom. The Morgan fingerprint density at radius 1 is 1.39 bits per heavy atom. The summed E-state index contributed by atoms with van der Waals surface area (Å²) in [6.07, 6.45) is 2.70. The van der Waals surface area contributed by atoms with Crippen molar-refractivity contribution in [3.05, 3.63) is 12.2 Å². The van der Waals surface area contributed by atoms with Crippen molar-refractivity contribution in [2.24, 2.45) is 5.92 Å². The quantitative estimate of drug-likeness (QED) is 0.730. The van der Waals surface area contributed by atoms with Crippen molar-refractivity contribution in [1.82, 2.24) is 20.1 Å². The molecule has 0 saturated carbocycles. The largest absolute Gasteiger partial charge is 0.380 e. The number of ether oxygens (including phenoxy) is 1. The van der Waals surface area contributed by atoms with E-state index < -0.39 is 0 Å². The maximum Gasteiger partial charge on any atom is 0.140 e. The van der Waals surface area contributed by atoms with Crippen LogP contribution in [-0.2, 0) is 17.8 Å². The van der Waals surface area contributed by atoms with Crippen LogP contribution in [0.5, 0.6) is 0 Å². The molecule has 0 aliphatic carbocycles. The first-order chi connectivity index (χ1) is 8.69. The molecule has 1 heterocycles. The van der Waals surface area contributed by atoms with Crippen LogP contribution in [-0.4, -0.2) is 34.0 Å². The Bertz CT molecular complexity index is 325. The summed E-state index contributed by atoms with van der Waals surface area (Å²) in [5.41, 5.74) is 0. The van der Waals surface area contributed by atoms with E-state index in [1.54, 1.807) is 6.33 Å². The van der Waals surface area contributed by atoms with Gasteiger partial charge in [0, 0.05) is 19.2 Å². The van der Waals surface area contributed by atoms with Crippen LogP contribution in [0.3, 0.4) is 0 Å². The van der Waals surface area contributed by atoms with Crippen molar-refractivity contribution >= 4 is 0 Å². The third-order valence-electron chi connectivity index (χ3n) is 2.96. The van der Waals surface area contributed by atoms with E-state index in [9.17, 15) is 0 Å². The summed E-state index contributed by atoms with van der Waals surface area (Å²) in [6.45, 7) is 11.7. The van der Waals surface area contributed by atoms with E-state index >= 15 is 0 Å². The average molecular weight is 254 g/mol. The van der Waals surface area contributed by atoms with E-state index in [0.717, 1.165) is 38.5 Å². The first-order valence-corrected chi connectivity index (χ1v) is 6.86. The van der Waals surface area contributed by atoms with Gasteiger partial charge in [0.05, 0.1) is 13.2 Å². The molecule has 18 heavy (non-hydrogen) atoms. The lowest BCUT2D eigenvalue weighted by atomic mass is 10.1. The average Bonchev–Trinajstić information content (AvgIpc) is 2.77. The number of nitrogens with zero attached hydrogens (tertiary/aromatic N) is 3. The second-order valence-electron chi connectivity index (χ2n) is 4.79. The van der Waals surface area contributed by atoms with Gasteiger partial charge in [-0.25, -0.2) is 9.67 Å². The highest BCUT2D eigenvalue weighted by Gasteiger charge is 2.14. The van der Waals surface area contributed by atoms with Crippen molar-refractivity contribution in [3.63, 3.8) is 0 Å². The van der Waals surface area contributed by atoms with E-state index in [1.165, 1.54) is 0 Å². The van der Waals surface area contributed by atoms with Gasteiger partial charge in [0.1, 0.15) is 12.2 Å². The monoisotopic (exact) mass is 254 g/mol. The van der Waals surface area contributed by atoms with Crippen LogP contribution in [0.2, 0.25) is 0 Å². The lowest BCUT2D eigenvalue weighted by Crippen LogP contribution is -2.38. The van der Waals surface area contributed by atoms with Crippen LogP contribution in [0.4, 0.5) is 0 Å². The smallest absolute Gasteiger partial charge is 0.140 e. The van der Waals surface area contributed by atoms with Gasteiger partial charge >= 0.3 is 0 Å². The van der Waals surface area contributed by atoms with Gasteiger partial charge in [0.15, 0.2) is 0 Å². The third kappa shape index (κ3) is 4.74. The molecule has 0 aliphatic heterocycles. The van der Waals surface area contributed by atoms with Crippen LogP contribution in [0, 0.1) is 5.92 Å². The molecular formula is C13H26N4O. The fourth-order valence-electron chi connectivity index (χ4n) is 1.78. The van der Waals surface area contributed by atoms with E-state index in [2.05, 4.69) is 36.2 Å². The lowest BCUT2D eigenvalue weighted by molar-refractivity contribution is 0.107. The zero-order valence-corrected chi connectivity index (χ0v) is 12.0. The molecule has 0 aromatic carbocycles. The number of rotatable bonds is 9. The normalized spacial score (nSPS) is 13.2. The zero-order chi connectivity index (χ0) is 13.4. The van der Waals surface area contributed by atoms with Crippen molar-refractivity contribution < 1.29 is 4.74 Å². The van der Waals surface area contributed by atoms with Gasteiger partial charge in [0.2, 0.25) is 0 Å². The van der Waals surface area contributed by atoms with Gasteiger partial charge < -0.3 is 10.1 Å². The molecule has 0 bridgehead atoms. The summed E-state index contributed by atoms with van der Waals surface area (Å²) < 4.78 is 7.46. The van der Waals surface area contributed by atoms with Crippen LogP contribution in [0.15, 0.2) is 6.33 Å². The van der Waals surface area contributed by atoms with Gasteiger partial charge in [-0.3, -0.25) is 0 Å². The van der Waals surface area contributed by atoms with Crippen LogP contribution in [0.1, 0.15) is 39.9 Å². The van der Waals surface area contributed by atoms with E-state index in [4.69, 9.17) is 4.74 Å². The molecular weight excluding hydrogens is 228 g/mol. The predicted molar refractivity (Wildman–Crippen MR) is 72.3 cm³/mol. The first-order valence-electron chi connectivity index (χ1n) is 6.86. The number of nitrogens with one attached hydrogen (secondary N) is 1. The van der Waals surface area contributed by atoms with Crippen molar-refractivity contribution in [1.29, 1.82) is 0 Å². The topological polar surface area (TPSA) is 52.0 Å². The summed E-state index contributed by atoms with van der Waals surface area (Å²) in [7, 11) is 0. The maximum atomic E-state index is 5.50. The molecule has 104 valence electrons. The van der Waals surface area contributed by atoms with Crippen LogP contribution < -0.4 is 5.32 Å². The molecule has 1 atom stereocenters. The Labute approximate surface area is 110 Å². The fourth-order valence-corrected chi connectivity index (χ4v) is 1.78. The zero-order valence-electron chi connectivity index (χ0n) is 12.0. The Hall–Kier alpha value is -0.940. The number of aryl methyl sites for hydroxylation is 1. The molecule has 1 N–H and O–H groups in total. The minimum atomic E-state index is 0.358. The molecule has 0 saturated heterocycles. The Balaban J connectivity index is 2.47. The van der Waals surface area contributed by atoms with E-state index in [0.29, 0.717) is 12.0 Å². The molecule has 0 radical (unpaired) electrons. The predicted octanol–water partition coefficient (Wildman–Crippen LogP) is 1.84. The second kappa shape index (κ2) is 8.21. The molecule has 5 heteroatoms. The molecule has 1 rings (SSSR count). The summed E-state index contributed by atoms with van der Waals surface area (Å²) in [6, 6.07) is 0.358. The highest BCUT2D eigenvalue weighted by molar-refractivity contribution is 4.85. The summed E-state index contributed by atoms with van der Waals surface area (Å²) in [5, 5.41) is 7.73. The van der Waals surface area contributed by atoms with Crippen molar-refractivity contribution in [3.8, 4) is 0 Å². The summed E-state index contributed by atoms with van der Waals surface area (Å²) >= 11 is 0. The van der Waals surface area contributed by atoms with E-state index in [1.807, 2.05) is 11.6 Å². The minimum absolute atomic E-state index is 0.358. The van der Waals surface area contributed by atoms with Gasteiger partial charge in [-0.15, -0.1) is 0 Å². The van der Waals surface area contributed by atoms with E-state index in [-0.39, 0.29) is 0 Å². The third-order valence-corrected chi connectivity index (χ3v) is 2.96. The Morgan fingerprint density at radius 3 is 2.78 bits per heavy atom. The van der Waals surface area contributed by atoms with Crippen molar-refractivity contribution in [2.75, 3.05) is 13.2 Å². The summed E-state index contributed by atoms with van der Waals surface area (Å²) in [5.74, 6) is 1.54. The molecule has 1 aromatic rings. The number of hydrogen-bond acceptors (Lipinski definition) is 4. The number of hydrogen-bond donors (Lipinski definition) is 1. The lowest BCUT2D eigenvalue weighted by Gasteiger charge is -2.22. The SMILES string of the molecule is CCCn1ncnc1CNC(COCC)C(C)C. The standard InChI is InChI=1S/C13H26N4O/c1-5-7-17-13(15-10-16-17)8-14-12(11(3)4)9-18-6-2/h10-12,14H,5-9H2,1-4H3. The minimum Gasteiger partial charge on any atom is -0.380 e. The van der Waals surface area contributed by atoms with Gasteiger partial charge in [-0.2, -0.15) is 5.10 Å². The molecule has 0 spiro atoms. The molecule has 5 nitrogen and oxygen atoms in total. The van der Waals surface area contributed by atoms with Crippen LogP contribution in [0.25, 0.3) is 0 Å². The highest BCUT2D eigenvalue weighted by atomic mass is 16.5. The van der Waals surface area contributed by atoms with Gasteiger partial charge in [-0.1, -0.05) is 20.8 Å². The van der Waals surface area contributed by atoms with Gasteiger partial charge in [0.25, 0.3) is 0 Å². The molecule has 0 aliphatic rings. The fraction of sp³-hybridized carbons (Fsp3) is 0.846. The second-order valence-corrected chi connectivity index (χ2v) is 4.79.